The molecule has 0 saturated heterocycles. The SMILES string of the molecule is COC(=O)[C@@H]1C=C2c3cccc4[nH]cc(c34)C[C@H]2N(C#N)C1.COC(=O)[C@@H]1C=C2c3cccc4[nH]cc(c34)C[C@H]2N(C)C1. The summed E-state index contributed by atoms with van der Waals surface area (Å²) in [6, 6.07) is 12.8. The number of methoxy groups -OCH3 is 2. The molecule has 0 bridgehead atoms. The molecule has 2 aliphatic carbocycles. The number of H-pyrrole nitrogens is 2. The number of likely N-dealkylation sites (N-methyl/N-ethyl adjacent to an activating group) is 1. The molecule has 2 aromatic heterocycles. The molecular formula is C34H33N5O4. The van der Waals surface area contributed by atoms with E-state index in [9.17, 15) is 14.9 Å². The van der Waals surface area contributed by atoms with E-state index in [4.69, 9.17) is 9.47 Å². The number of nitrogens with zero attached hydrogens (tertiary/aromatic N) is 3. The van der Waals surface area contributed by atoms with Crippen LogP contribution < -0.4 is 0 Å². The summed E-state index contributed by atoms with van der Waals surface area (Å²) in [4.78, 5) is 34.5. The zero-order valence-corrected chi connectivity index (χ0v) is 24.4. The minimum absolute atomic E-state index is 0.000180. The van der Waals surface area contributed by atoms with Crippen LogP contribution in [0.4, 0.5) is 0 Å². The number of benzene rings is 2. The van der Waals surface area contributed by atoms with Crippen molar-refractivity contribution < 1.29 is 19.1 Å². The van der Waals surface area contributed by atoms with E-state index in [2.05, 4.69) is 64.6 Å². The van der Waals surface area contributed by atoms with Gasteiger partial charge in [-0.2, -0.15) is 5.26 Å². The number of esters is 2. The van der Waals surface area contributed by atoms with Gasteiger partial charge >= 0.3 is 11.9 Å². The number of aromatic nitrogens is 2. The van der Waals surface area contributed by atoms with Gasteiger partial charge in [0, 0.05) is 53.3 Å². The van der Waals surface area contributed by atoms with Crippen LogP contribution in [-0.4, -0.2) is 78.1 Å². The molecule has 4 aromatic rings. The summed E-state index contributed by atoms with van der Waals surface area (Å²) in [5.41, 5.74) is 9.54. The smallest absolute Gasteiger partial charge is 0.314 e. The molecule has 218 valence electrons. The van der Waals surface area contributed by atoms with Crippen LogP contribution >= 0.6 is 0 Å². The topological polar surface area (TPSA) is 114 Å². The maximum Gasteiger partial charge on any atom is 0.314 e. The molecule has 4 aliphatic rings. The Morgan fingerprint density at radius 2 is 1.33 bits per heavy atom. The predicted octanol–water partition coefficient (Wildman–Crippen LogP) is 4.27. The normalized spacial score (nSPS) is 23.6. The first-order valence-corrected chi connectivity index (χ1v) is 14.6. The van der Waals surface area contributed by atoms with Gasteiger partial charge in [0.25, 0.3) is 0 Å². The average molecular weight is 576 g/mol. The summed E-state index contributed by atoms with van der Waals surface area (Å²) in [6.45, 7) is 1.10. The summed E-state index contributed by atoms with van der Waals surface area (Å²) in [5.74, 6) is -1.02. The fourth-order valence-electron chi connectivity index (χ4n) is 7.40. The number of carbonyl (C=O) groups is 2. The van der Waals surface area contributed by atoms with Gasteiger partial charge in [-0.3, -0.25) is 14.5 Å². The second-order valence-corrected chi connectivity index (χ2v) is 11.7. The van der Waals surface area contributed by atoms with Crippen LogP contribution in [0.2, 0.25) is 0 Å². The number of hydrogen-bond donors (Lipinski definition) is 2. The molecule has 0 unspecified atom stereocenters. The van der Waals surface area contributed by atoms with E-state index >= 15 is 0 Å². The standard InChI is InChI=1S/C17H15N3O2.C17H18N2O2/c1-22-17(21)11-5-13-12-3-2-4-14-16(12)10(7-19-14)6-15(13)20(8-11)9-18;1-19-9-11(17(20)21-2)6-13-12-4-3-5-14-16(12)10(8-18-14)7-15(13)19/h2-5,7,11,15,19H,6,8H2,1H3;3-6,8,11,15,18H,7,9H2,1-2H3/t2*11-,15-/m11/s1. The van der Waals surface area contributed by atoms with Crippen LogP contribution in [0, 0.1) is 23.3 Å². The lowest BCUT2D eigenvalue weighted by Crippen LogP contribution is -2.44. The number of nitriles is 1. The number of aromatic amines is 2. The molecule has 4 atom stereocenters. The van der Waals surface area contributed by atoms with Crippen molar-refractivity contribution in [2.45, 2.75) is 24.9 Å². The minimum atomic E-state index is -0.397. The van der Waals surface area contributed by atoms with E-state index in [0.29, 0.717) is 12.6 Å². The molecule has 0 radical (unpaired) electrons. The first-order chi connectivity index (χ1) is 20.9. The fraction of sp³-hybridized carbons (Fsp3) is 0.324. The third kappa shape index (κ3) is 4.33. The number of ether oxygens (including phenoxy) is 2. The summed E-state index contributed by atoms with van der Waals surface area (Å²) in [7, 11) is 4.93. The molecule has 2 N–H and O–H groups in total. The predicted molar refractivity (Wildman–Crippen MR) is 163 cm³/mol. The van der Waals surface area contributed by atoms with Gasteiger partial charge in [0.15, 0.2) is 6.19 Å². The lowest BCUT2D eigenvalue weighted by molar-refractivity contribution is -0.145. The van der Waals surface area contributed by atoms with Crippen molar-refractivity contribution >= 4 is 44.9 Å². The highest BCUT2D eigenvalue weighted by Gasteiger charge is 2.38. The molecule has 0 spiro atoms. The number of hydrogen-bond acceptors (Lipinski definition) is 7. The van der Waals surface area contributed by atoms with E-state index in [1.54, 1.807) is 4.90 Å². The third-order valence-electron chi connectivity index (χ3n) is 9.43. The van der Waals surface area contributed by atoms with E-state index in [0.717, 1.165) is 36.0 Å². The molecule has 0 saturated carbocycles. The molecule has 0 fully saturated rings. The lowest BCUT2D eigenvalue weighted by Gasteiger charge is -2.39. The molecule has 2 aromatic carbocycles. The second kappa shape index (κ2) is 10.5. The van der Waals surface area contributed by atoms with Crippen molar-refractivity contribution in [2.24, 2.45) is 11.8 Å². The second-order valence-electron chi connectivity index (χ2n) is 11.7. The Labute approximate surface area is 249 Å². The quantitative estimate of drug-likeness (QED) is 0.271. The van der Waals surface area contributed by atoms with Crippen LogP contribution in [0.3, 0.4) is 0 Å². The summed E-state index contributed by atoms with van der Waals surface area (Å²) < 4.78 is 9.79. The molecule has 2 aliphatic heterocycles. The van der Waals surface area contributed by atoms with E-state index in [-0.39, 0.29) is 23.9 Å². The maximum absolute atomic E-state index is 11.9. The number of fused-ring (bicyclic) bond motifs is 4. The van der Waals surface area contributed by atoms with Crippen molar-refractivity contribution in [3.63, 3.8) is 0 Å². The monoisotopic (exact) mass is 575 g/mol. The largest absolute Gasteiger partial charge is 0.469 e. The van der Waals surface area contributed by atoms with Gasteiger partial charge in [0.05, 0.1) is 32.1 Å². The molecule has 0 amide bonds. The van der Waals surface area contributed by atoms with E-state index in [1.165, 1.54) is 52.8 Å². The molecule has 8 rings (SSSR count). The number of nitrogens with one attached hydrogen (secondary N) is 2. The molecular weight excluding hydrogens is 542 g/mol. The van der Waals surface area contributed by atoms with Crippen LogP contribution in [-0.2, 0) is 31.9 Å². The van der Waals surface area contributed by atoms with Gasteiger partial charge in [-0.25, -0.2) is 0 Å². The zero-order valence-electron chi connectivity index (χ0n) is 24.4. The third-order valence-corrected chi connectivity index (χ3v) is 9.43. The van der Waals surface area contributed by atoms with Crippen LogP contribution in [0.5, 0.6) is 0 Å². The Morgan fingerprint density at radius 1 is 0.814 bits per heavy atom. The van der Waals surface area contributed by atoms with Crippen molar-refractivity contribution in [1.82, 2.24) is 19.8 Å². The van der Waals surface area contributed by atoms with Gasteiger partial charge in [-0.15, -0.1) is 0 Å². The van der Waals surface area contributed by atoms with Gasteiger partial charge in [-0.1, -0.05) is 36.4 Å². The summed E-state index contributed by atoms with van der Waals surface area (Å²) in [6.07, 6.45) is 12.2. The highest BCUT2D eigenvalue weighted by Crippen LogP contribution is 2.42. The summed E-state index contributed by atoms with van der Waals surface area (Å²) >= 11 is 0. The van der Waals surface area contributed by atoms with Gasteiger partial charge < -0.3 is 24.3 Å². The van der Waals surface area contributed by atoms with Gasteiger partial charge in [0.2, 0.25) is 0 Å². The van der Waals surface area contributed by atoms with Crippen LogP contribution in [0.15, 0.2) is 60.9 Å². The van der Waals surface area contributed by atoms with Crippen molar-refractivity contribution in [3.8, 4) is 6.19 Å². The van der Waals surface area contributed by atoms with Crippen molar-refractivity contribution in [2.75, 3.05) is 34.4 Å². The van der Waals surface area contributed by atoms with E-state index < -0.39 is 5.92 Å². The first-order valence-electron chi connectivity index (χ1n) is 14.6. The highest BCUT2D eigenvalue weighted by molar-refractivity contribution is 6.00. The number of carbonyl (C=O) groups excluding carboxylic acids is 2. The Morgan fingerprint density at radius 3 is 1.86 bits per heavy atom. The van der Waals surface area contributed by atoms with Gasteiger partial charge in [-0.05, 0) is 65.4 Å². The molecule has 9 heteroatoms. The minimum Gasteiger partial charge on any atom is -0.469 e. The highest BCUT2D eigenvalue weighted by atomic mass is 16.5. The number of rotatable bonds is 2. The Balaban J connectivity index is 0.000000140. The Hall–Kier alpha value is -4.81. The van der Waals surface area contributed by atoms with Crippen molar-refractivity contribution in [1.29, 1.82) is 5.26 Å². The first kappa shape index (κ1) is 27.0. The maximum atomic E-state index is 11.9. The van der Waals surface area contributed by atoms with Crippen LogP contribution in [0.1, 0.15) is 22.3 Å². The van der Waals surface area contributed by atoms with E-state index in [1.807, 2.05) is 24.4 Å². The molecule has 43 heavy (non-hydrogen) atoms. The van der Waals surface area contributed by atoms with Crippen molar-refractivity contribution in [3.05, 3.63) is 83.2 Å². The van der Waals surface area contributed by atoms with Gasteiger partial charge in [0.1, 0.15) is 0 Å². The molecule has 9 nitrogen and oxygen atoms in total. The fourth-order valence-corrected chi connectivity index (χ4v) is 7.40. The Bertz CT molecular complexity index is 1870. The molecule has 4 heterocycles. The van der Waals surface area contributed by atoms with Crippen LogP contribution in [0.25, 0.3) is 33.0 Å². The Kier molecular flexibility index (Phi) is 6.59. The summed E-state index contributed by atoms with van der Waals surface area (Å²) in [5, 5.41) is 12.0. The average Bonchev–Trinajstić information content (AvgIpc) is 3.66. The lowest BCUT2D eigenvalue weighted by atomic mass is 9.80. The zero-order chi connectivity index (χ0) is 29.8.